The van der Waals surface area contributed by atoms with Gasteiger partial charge >= 0.3 is 0 Å². The molecule has 3 nitrogen and oxygen atoms in total. The SMILES string of the molecule is CCCCCCCCCCCCCC(=O)CC(C)COCCOC. The van der Waals surface area contributed by atoms with Gasteiger partial charge in [0.05, 0.1) is 13.2 Å². The normalized spacial score (nSPS) is 12.5. The van der Waals surface area contributed by atoms with Crippen LogP contribution in [0.2, 0.25) is 0 Å². The van der Waals surface area contributed by atoms with Crippen molar-refractivity contribution in [3.63, 3.8) is 0 Å². The minimum atomic E-state index is 0.321. The first-order valence-corrected chi connectivity index (χ1v) is 10.3. The summed E-state index contributed by atoms with van der Waals surface area (Å²) >= 11 is 0. The largest absolute Gasteiger partial charge is 0.382 e. The third-order valence-corrected chi connectivity index (χ3v) is 4.47. The Morgan fingerprint density at radius 2 is 1.38 bits per heavy atom. The molecule has 0 rings (SSSR count). The van der Waals surface area contributed by atoms with Crippen LogP contribution in [0.25, 0.3) is 0 Å². The van der Waals surface area contributed by atoms with Gasteiger partial charge in [-0.3, -0.25) is 4.79 Å². The van der Waals surface area contributed by atoms with Gasteiger partial charge in [0.1, 0.15) is 5.78 Å². The maximum Gasteiger partial charge on any atom is 0.133 e. The Morgan fingerprint density at radius 1 is 0.833 bits per heavy atom. The second-order valence-electron chi connectivity index (χ2n) is 7.20. The third-order valence-electron chi connectivity index (χ3n) is 4.47. The van der Waals surface area contributed by atoms with Crippen molar-refractivity contribution >= 4 is 5.78 Å². The number of unbranched alkanes of at least 4 members (excludes halogenated alkanes) is 10. The van der Waals surface area contributed by atoms with E-state index in [9.17, 15) is 4.79 Å². The van der Waals surface area contributed by atoms with Crippen LogP contribution in [0.15, 0.2) is 0 Å². The van der Waals surface area contributed by atoms with Crippen molar-refractivity contribution in [2.75, 3.05) is 26.9 Å². The van der Waals surface area contributed by atoms with Crippen LogP contribution in [-0.4, -0.2) is 32.7 Å². The molecule has 0 aromatic heterocycles. The molecule has 0 saturated heterocycles. The third kappa shape index (κ3) is 17.9. The molecule has 0 aromatic carbocycles. The molecule has 0 aliphatic heterocycles. The zero-order chi connectivity index (χ0) is 17.9. The molecule has 0 spiro atoms. The van der Waals surface area contributed by atoms with Gasteiger partial charge in [-0.2, -0.15) is 0 Å². The van der Waals surface area contributed by atoms with E-state index < -0.39 is 0 Å². The van der Waals surface area contributed by atoms with Crippen molar-refractivity contribution in [1.82, 2.24) is 0 Å². The van der Waals surface area contributed by atoms with E-state index in [1.165, 1.54) is 64.2 Å². The minimum absolute atomic E-state index is 0.321. The Morgan fingerprint density at radius 3 is 1.92 bits per heavy atom. The highest BCUT2D eigenvalue weighted by atomic mass is 16.5. The molecule has 1 unspecified atom stereocenters. The first kappa shape index (κ1) is 23.6. The predicted octanol–water partition coefficient (Wildman–Crippen LogP) is 5.95. The second kappa shape index (κ2) is 18.9. The standard InChI is InChI=1S/C21H42O3/c1-4-5-6-7-8-9-10-11-12-13-14-15-21(22)18-20(2)19-24-17-16-23-3/h20H,4-19H2,1-3H3. The number of ketones is 1. The summed E-state index contributed by atoms with van der Waals surface area (Å²) in [6.45, 7) is 6.26. The van der Waals surface area contributed by atoms with Gasteiger partial charge in [-0.25, -0.2) is 0 Å². The molecule has 0 aliphatic carbocycles. The van der Waals surface area contributed by atoms with Crippen LogP contribution >= 0.6 is 0 Å². The van der Waals surface area contributed by atoms with E-state index in [-0.39, 0.29) is 0 Å². The molecule has 0 aromatic rings. The Bertz CT molecular complexity index is 266. The average molecular weight is 343 g/mol. The van der Waals surface area contributed by atoms with Gasteiger partial charge in [0.2, 0.25) is 0 Å². The van der Waals surface area contributed by atoms with Gasteiger partial charge in [-0.05, 0) is 12.3 Å². The number of Topliss-reactive ketones (excluding diaryl/α,β-unsaturated/α-hetero) is 1. The summed E-state index contributed by atoms with van der Waals surface area (Å²) in [4.78, 5) is 11.9. The minimum Gasteiger partial charge on any atom is -0.382 e. The first-order valence-electron chi connectivity index (χ1n) is 10.3. The van der Waals surface area contributed by atoms with E-state index >= 15 is 0 Å². The highest BCUT2D eigenvalue weighted by Gasteiger charge is 2.09. The predicted molar refractivity (Wildman–Crippen MR) is 103 cm³/mol. The monoisotopic (exact) mass is 342 g/mol. The van der Waals surface area contributed by atoms with E-state index in [1.807, 2.05) is 0 Å². The highest BCUT2D eigenvalue weighted by molar-refractivity contribution is 5.78. The van der Waals surface area contributed by atoms with Crippen molar-refractivity contribution < 1.29 is 14.3 Å². The summed E-state index contributed by atoms with van der Waals surface area (Å²) in [6, 6.07) is 0. The van der Waals surface area contributed by atoms with Crippen LogP contribution in [0.5, 0.6) is 0 Å². The summed E-state index contributed by atoms with van der Waals surface area (Å²) in [5, 5.41) is 0. The Kier molecular flexibility index (Phi) is 18.6. The number of ether oxygens (including phenoxy) is 2. The number of hydrogen-bond acceptors (Lipinski definition) is 3. The summed E-state index contributed by atoms with van der Waals surface area (Å²) < 4.78 is 10.4. The van der Waals surface area contributed by atoms with E-state index in [4.69, 9.17) is 9.47 Å². The van der Waals surface area contributed by atoms with Crippen LogP contribution in [0.1, 0.15) is 97.3 Å². The molecule has 1 atom stereocenters. The smallest absolute Gasteiger partial charge is 0.133 e. The van der Waals surface area contributed by atoms with Crippen molar-refractivity contribution in [1.29, 1.82) is 0 Å². The molecule has 0 N–H and O–H groups in total. The van der Waals surface area contributed by atoms with Crippen LogP contribution in [-0.2, 0) is 14.3 Å². The number of hydrogen-bond donors (Lipinski definition) is 0. The molecular formula is C21H42O3. The van der Waals surface area contributed by atoms with Gasteiger partial charge in [0.15, 0.2) is 0 Å². The fourth-order valence-electron chi connectivity index (χ4n) is 2.96. The van der Waals surface area contributed by atoms with Crippen LogP contribution in [0.4, 0.5) is 0 Å². The Balaban J connectivity index is 3.28. The van der Waals surface area contributed by atoms with Crippen LogP contribution in [0.3, 0.4) is 0 Å². The molecule has 24 heavy (non-hydrogen) atoms. The maximum absolute atomic E-state index is 11.9. The molecular weight excluding hydrogens is 300 g/mol. The van der Waals surface area contributed by atoms with Crippen LogP contribution in [0, 0.1) is 5.92 Å². The molecule has 0 heterocycles. The molecule has 144 valence electrons. The van der Waals surface area contributed by atoms with Gasteiger partial charge in [0.25, 0.3) is 0 Å². The fourth-order valence-corrected chi connectivity index (χ4v) is 2.96. The summed E-state index contributed by atoms with van der Waals surface area (Å²) in [6.07, 6.45) is 16.0. The average Bonchev–Trinajstić information content (AvgIpc) is 2.56. The topological polar surface area (TPSA) is 35.5 Å². The van der Waals surface area contributed by atoms with Gasteiger partial charge < -0.3 is 9.47 Å². The van der Waals surface area contributed by atoms with Gasteiger partial charge in [-0.15, -0.1) is 0 Å². The van der Waals surface area contributed by atoms with Gasteiger partial charge in [-0.1, -0.05) is 78.1 Å². The molecule has 0 radical (unpaired) electrons. The number of carbonyl (C=O) groups excluding carboxylic acids is 1. The van der Waals surface area contributed by atoms with Crippen molar-refractivity contribution in [2.45, 2.75) is 97.3 Å². The lowest BCUT2D eigenvalue weighted by Crippen LogP contribution is -2.13. The first-order chi connectivity index (χ1) is 11.7. The van der Waals surface area contributed by atoms with E-state index in [2.05, 4.69) is 13.8 Å². The zero-order valence-corrected chi connectivity index (χ0v) is 16.6. The summed E-state index contributed by atoms with van der Waals surface area (Å²) in [7, 11) is 1.67. The van der Waals surface area contributed by atoms with Crippen molar-refractivity contribution in [2.24, 2.45) is 5.92 Å². The maximum atomic E-state index is 11.9. The molecule has 0 fully saturated rings. The zero-order valence-electron chi connectivity index (χ0n) is 16.6. The van der Waals surface area contributed by atoms with Crippen LogP contribution < -0.4 is 0 Å². The van der Waals surface area contributed by atoms with Crippen molar-refractivity contribution in [3.8, 4) is 0 Å². The summed E-state index contributed by atoms with van der Waals surface area (Å²) in [5.41, 5.74) is 0. The summed E-state index contributed by atoms with van der Waals surface area (Å²) in [5.74, 6) is 0.718. The molecule has 0 saturated carbocycles. The number of carbonyl (C=O) groups is 1. The number of rotatable bonds is 19. The Labute approximate surface area is 150 Å². The lowest BCUT2D eigenvalue weighted by atomic mass is 10.0. The van der Waals surface area contributed by atoms with E-state index in [1.54, 1.807) is 7.11 Å². The molecule has 0 amide bonds. The second-order valence-corrected chi connectivity index (χ2v) is 7.20. The van der Waals surface area contributed by atoms with E-state index in [0.29, 0.717) is 37.9 Å². The molecule has 3 heteroatoms. The van der Waals surface area contributed by atoms with Gasteiger partial charge in [0, 0.05) is 26.6 Å². The fraction of sp³-hybridized carbons (Fsp3) is 0.952. The number of methoxy groups -OCH3 is 1. The lowest BCUT2D eigenvalue weighted by Gasteiger charge is -2.11. The quantitative estimate of drug-likeness (QED) is 0.272. The van der Waals surface area contributed by atoms with Crippen molar-refractivity contribution in [3.05, 3.63) is 0 Å². The Hall–Kier alpha value is -0.410. The molecule has 0 aliphatic rings. The lowest BCUT2D eigenvalue weighted by molar-refractivity contribution is -0.120. The van der Waals surface area contributed by atoms with E-state index in [0.717, 1.165) is 12.8 Å². The molecule has 0 bridgehead atoms. The highest BCUT2D eigenvalue weighted by Crippen LogP contribution is 2.13.